The first-order valence-electron chi connectivity index (χ1n) is 6.21. The third kappa shape index (κ3) is 4.97. The molecule has 1 N–H and O–H groups in total. The normalized spacial score (nSPS) is 18.0. The van der Waals surface area contributed by atoms with Gasteiger partial charge in [0.25, 0.3) is 5.91 Å². The molecule has 0 spiro atoms. The van der Waals surface area contributed by atoms with Crippen LogP contribution in [0.2, 0.25) is 0 Å². The number of carboxylic acids is 1. The van der Waals surface area contributed by atoms with Crippen LogP contribution in [0.25, 0.3) is 0 Å². The molecule has 1 rings (SSSR count). The first kappa shape index (κ1) is 16.7. The highest BCUT2D eigenvalue weighted by atomic mass is 32.2. The zero-order chi connectivity index (χ0) is 15.1. The lowest BCUT2D eigenvalue weighted by Gasteiger charge is -2.13. The highest BCUT2D eigenvalue weighted by molar-refractivity contribution is 8.26. The van der Waals surface area contributed by atoms with E-state index in [1.165, 1.54) is 16.7 Å². The van der Waals surface area contributed by atoms with E-state index in [0.717, 1.165) is 5.57 Å². The van der Waals surface area contributed by atoms with Crippen molar-refractivity contribution in [1.29, 1.82) is 0 Å². The lowest BCUT2D eigenvalue weighted by atomic mass is 10.2. The molecule has 110 valence electrons. The van der Waals surface area contributed by atoms with Gasteiger partial charge in [0.2, 0.25) is 0 Å². The fraction of sp³-hybridized carbons (Fsp3) is 0.462. The van der Waals surface area contributed by atoms with Crippen LogP contribution < -0.4 is 0 Å². The minimum atomic E-state index is -0.874. The van der Waals surface area contributed by atoms with Crippen LogP contribution in [0.1, 0.15) is 26.7 Å². The van der Waals surface area contributed by atoms with Crippen molar-refractivity contribution in [3.8, 4) is 0 Å². The number of nitrogens with zero attached hydrogens (tertiary/aromatic N) is 1. The van der Waals surface area contributed by atoms with E-state index in [0.29, 0.717) is 28.8 Å². The second-order valence-corrected chi connectivity index (χ2v) is 5.82. The summed E-state index contributed by atoms with van der Waals surface area (Å²) in [6, 6.07) is 0. The van der Waals surface area contributed by atoms with Gasteiger partial charge < -0.3 is 9.84 Å². The smallest absolute Gasteiger partial charge is 0.303 e. The minimum Gasteiger partial charge on any atom is -0.501 e. The summed E-state index contributed by atoms with van der Waals surface area (Å²) < 4.78 is 5.62. The molecule has 0 bridgehead atoms. The Morgan fingerprint density at radius 2 is 2.25 bits per heavy atom. The highest BCUT2D eigenvalue weighted by Crippen LogP contribution is 2.31. The number of aliphatic carboxylic acids is 1. The van der Waals surface area contributed by atoms with Crippen LogP contribution in [0.4, 0.5) is 0 Å². The number of thiocarbonyl (C=S) groups is 1. The average Bonchev–Trinajstić information content (AvgIpc) is 2.63. The standard InChI is InChI=1S/C13H17NO4S2/c1-3-18-8-9(2)7-10-12(17)14(13(19)20-10)6-4-5-11(15)16/h7-8H,3-6H2,1-2H3,(H,15,16)/b9-8+,10-7-. The molecule has 0 atom stereocenters. The largest absolute Gasteiger partial charge is 0.501 e. The predicted octanol–water partition coefficient (Wildman–Crippen LogP) is 2.54. The lowest BCUT2D eigenvalue weighted by Crippen LogP contribution is -2.29. The van der Waals surface area contributed by atoms with Crippen LogP contribution >= 0.6 is 24.0 Å². The summed E-state index contributed by atoms with van der Waals surface area (Å²) in [5, 5.41) is 8.60. The van der Waals surface area contributed by atoms with E-state index in [1.807, 2.05) is 13.8 Å². The maximum atomic E-state index is 12.1. The Labute approximate surface area is 127 Å². The summed E-state index contributed by atoms with van der Waals surface area (Å²) >= 11 is 6.37. The van der Waals surface area contributed by atoms with Crippen molar-refractivity contribution in [3.63, 3.8) is 0 Å². The molecule has 0 saturated carbocycles. The quantitative estimate of drug-likeness (QED) is 0.442. The molecule has 0 unspecified atom stereocenters. The molecular formula is C13H17NO4S2. The Morgan fingerprint density at radius 1 is 1.55 bits per heavy atom. The summed E-state index contributed by atoms with van der Waals surface area (Å²) in [5.74, 6) is -1.05. The van der Waals surface area contributed by atoms with Crippen LogP contribution in [0, 0.1) is 0 Å². The number of hydrogen-bond donors (Lipinski definition) is 1. The number of carboxylic acid groups (broad SMARTS) is 1. The fourth-order valence-corrected chi connectivity index (χ4v) is 2.90. The zero-order valence-electron chi connectivity index (χ0n) is 11.4. The Bertz CT molecular complexity index is 471. The van der Waals surface area contributed by atoms with Crippen molar-refractivity contribution < 1.29 is 19.4 Å². The van der Waals surface area contributed by atoms with E-state index >= 15 is 0 Å². The first-order chi connectivity index (χ1) is 9.45. The number of ether oxygens (including phenoxy) is 1. The first-order valence-corrected chi connectivity index (χ1v) is 7.43. The molecule has 1 saturated heterocycles. The number of allylic oxidation sites excluding steroid dienone is 2. The average molecular weight is 315 g/mol. The zero-order valence-corrected chi connectivity index (χ0v) is 13.1. The molecular weight excluding hydrogens is 298 g/mol. The second-order valence-electron chi connectivity index (χ2n) is 4.15. The second kappa shape index (κ2) is 8.06. The number of hydrogen-bond acceptors (Lipinski definition) is 5. The third-order valence-electron chi connectivity index (χ3n) is 2.44. The van der Waals surface area contributed by atoms with Crippen molar-refractivity contribution in [1.82, 2.24) is 4.90 Å². The van der Waals surface area contributed by atoms with Gasteiger partial charge in [0.15, 0.2) is 0 Å². The topological polar surface area (TPSA) is 66.8 Å². The van der Waals surface area contributed by atoms with Gasteiger partial charge in [-0.25, -0.2) is 0 Å². The summed E-state index contributed by atoms with van der Waals surface area (Å²) in [4.78, 5) is 24.6. The van der Waals surface area contributed by atoms with E-state index in [9.17, 15) is 9.59 Å². The van der Waals surface area contributed by atoms with Gasteiger partial charge in [0, 0.05) is 13.0 Å². The monoisotopic (exact) mass is 315 g/mol. The number of amides is 1. The molecule has 1 heterocycles. The van der Waals surface area contributed by atoms with Crippen molar-refractivity contribution in [2.45, 2.75) is 26.7 Å². The van der Waals surface area contributed by atoms with Gasteiger partial charge in [-0.2, -0.15) is 0 Å². The van der Waals surface area contributed by atoms with Gasteiger partial charge in [-0.3, -0.25) is 14.5 Å². The van der Waals surface area contributed by atoms with E-state index in [2.05, 4.69) is 0 Å². The summed E-state index contributed by atoms with van der Waals surface area (Å²) in [6.07, 6.45) is 3.74. The molecule has 0 aromatic heterocycles. The fourth-order valence-electron chi connectivity index (χ4n) is 1.54. The molecule has 0 aromatic rings. The lowest BCUT2D eigenvalue weighted by molar-refractivity contribution is -0.137. The maximum absolute atomic E-state index is 12.1. The van der Waals surface area contributed by atoms with Crippen LogP contribution in [0.15, 0.2) is 22.8 Å². The van der Waals surface area contributed by atoms with Crippen LogP contribution in [-0.2, 0) is 14.3 Å². The minimum absolute atomic E-state index is 0.0272. The van der Waals surface area contributed by atoms with Gasteiger partial charge in [-0.15, -0.1) is 0 Å². The van der Waals surface area contributed by atoms with E-state index in [1.54, 1.807) is 12.3 Å². The molecule has 1 aliphatic heterocycles. The summed E-state index contributed by atoms with van der Waals surface area (Å²) in [6.45, 7) is 4.63. The SMILES string of the molecule is CCO/C=C(C)/C=C1\SC(=S)N(CCCC(=O)O)C1=O. The summed E-state index contributed by atoms with van der Waals surface area (Å²) in [5.41, 5.74) is 0.831. The van der Waals surface area contributed by atoms with Crippen molar-refractivity contribution in [3.05, 3.63) is 22.8 Å². The van der Waals surface area contributed by atoms with Crippen LogP contribution in [0.5, 0.6) is 0 Å². The number of carbonyl (C=O) groups is 2. The van der Waals surface area contributed by atoms with Crippen LogP contribution in [-0.4, -0.2) is 39.4 Å². The molecule has 0 radical (unpaired) electrons. The molecule has 0 aliphatic carbocycles. The Balaban J connectivity index is 2.66. The van der Waals surface area contributed by atoms with E-state index in [4.69, 9.17) is 22.1 Å². The molecule has 1 amide bonds. The van der Waals surface area contributed by atoms with Gasteiger partial charge in [-0.05, 0) is 31.9 Å². The highest BCUT2D eigenvalue weighted by Gasteiger charge is 2.31. The Morgan fingerprint density at radius 3 is 2.85 bits per heavy atom. The molecule has 0 aromatic carbocycles. The Kier molecular flexibility index (Phi) is 6.74. The third-order valence-corrected chi connectivity index (χ3v) is 3.82. The number of carbonyl (C=O) groups excluding carboxylic acids is 1. The maximum Gasteiger partial charge on any atom is 0.303 e. The molecule has 1 aliphatic rings. The van der Waals surface area contributed by atoms with Crippen LogP contribution in [0.3, 0.4) is 0 Å². The molecule has 5 nitrogen and oxygen atoms in total. The van der Waals surface area contributed by atoms with Gasteiger partial charge in [0.1, 0.15) is 4.32 Å². The van der Waals surface area contributed by atoms with Crippen molar-refractivity contribution in [2.75, 3.05) is 13.2 Å². The van der Waals surface area contributed by atoms with Gasteiger partial charge in [-0.1, -0.05) is 24.0 Å². The van der Waals surface area contributed by atoms with Gasteiger partial charge in [0.05, 0.1) is 17.8 Å². The van der Waals surface area contributed by atoms with E-state index < -0.39 is 5.97 Å². The molecule has 7 heteroatoms. The summed E-state index contributed by atoms with van der Waals surface area (Å²) in [7, 11) is 0. The predicted molar refractivity (Wildman–Crippen MR) is 82.2 cm³/mol. The Hall–Kier alpha value is -1.34. The molecule has 20 heavy (non-hydrogen) atoms. The van der Waals surface area contributed by atoms with Crippen molar-refractivity contribution >= 4 is 40.2 Å². The molecule has 1 fully saturated rings. The number of rotatable bonds is 7. The van der Waals surface area contributed by atoms with Gasteiger partial charge >= 0.3 is 5.97 Å². The van der Waals surface area contributed by atoms with Crippen molar-refractivity contribution in [2.24, 2.45) is 0 Å². The van der Waals surface area contributed by atoms with E-state index in [-0.39, 0.29) is 12.3 Å². The number of thioether (sulfide) groups is 1.